The predicted molar refractivity (Wildman–Crippen MR) is 48.5 cm³/mol. The van der Waals surface area contributed by atoms with E-state index in [9.17, 15) is 4.79 Å². The molecule has 0 aromatic heterocycles. The fourth-order valence-electron chi connectivity index (χ4n) is 1.40. The molecular formula is C10H20O. The van der Waals surface area contributed by atoms with E-state index in [0.29, 0.717) is 5.78 Å². The van der Waals surface area contributed by atoms with E-state index in [2.05, 4.69) is 20.8 Å². The lowest BCUT2D eigenvalue weighted by Crippen LogP contribution is -2.08. The third kappa shape index (κ3) is 5.00. The van der Waals surface area contributed by atoms with Crippen molar-refractivity contribution in [2.75, 3.05) is 0 Å². The molecule has 0 heterocycles. The molecule has 0 N–H and O–H groups in total. The van der Waals surface area contributed by atoms with Gasteiger partial charge < -0.3 is 4.79 Å². The average molecular weight is 156 g/mol. The summed E-state index contributed by atoms with van der Waals surface area (Å²) in [6.45, 7) is 8.33. The highest BCUT2D eigenvalue weighted by molar-refractivity contribution is 5.75. The van der Waals surface area contributed by atoms with Crippen LogP contribution >= 0.6 is 0 Å². The maximum absolute atomic E-state index is 10.7. The Balaban J connectivity index is 3.61. The molecule has 0 fully saturated rings. The van der Waals surface area contributed by atoms with Gasteiger partial charge in [-0.15, -0.1) is 0 Å². The van der Waals surface area contributed by atoms with Gasteiger partial charge in [-0.2, -0.15) is 0 Å². The molecule has 0 saturated heterocycles. The summed E-state index contributed by atoms with van der Waals surface area (Å²) < 4.78 is 0. The number of hydrogen-bond acceptors (Lipinski definition) is 1. The van der Waals surface area contributed by atoms with Crippen LogP contribution in [0.15, 0.2) is 0 Å². The molecule has 1 nitrogen and oxygen atoms in total. The topological polar surface area (TPSA) is 17.1 Å². The monoisotopic (exact) mass is 156 g/mol. The smallest absolute Gasteiger partial charge is 0.129 e. The van der Waals surface area contributed by atoms with Gasteiger partial charge in [0.2, 0.25) is 0 Å². The minimum absolute atomic E-state index is 0.323. The zero-order valence-corrected chi connectivity index (χ0v) is 8.18. The van der Waals surface area contributed by atoms with Crippen LogP contribution in [0.5, 0.6) is 0 Å². The lowest BCUT2D eigenvalue weighted by atomic mass is 9.88. The van der Waals surface area contributed by atoms with Gasteiger partial charge in [0.1, 0.15) is 5.78 Å². The molecule has 0 rings (SSSR count). The van der Waals surface area contributed by atoms with Gasteiger partial charge in [-0.05, 0) is 25.2 Å². The summed E-state index contributed by atoms with van der Waals surface area (Å²) in [5, 5.41) is 0. The SMILES string of the molecule is CC[C@H](CCC(C)=O)C(C)C. The fraction of sp³-hybridized carbons (Fsp3) is 0.900. The Labute approximate surface area is 70.2 Å². The molecule has 0 bridgehead atoms. The Morgan fingerprint density at radius 3 is 2.18 bits per heavy atom. The summed E-state index contributed by atoms with van der Waals surface area (Å²) in [6, 6.07) is 0. The van der Waals surface area contributed by atoms with Crippen LogP contribution in [0.1, 0.15) is 47.0 Å². The van der Waals surface area contributed by atoms with Crippen molar-refractivity contribution in [1.29, 1.82) is 0 Å². The first-order valence-electron chi connectivity index (χ1n) is 4.57. The molecule has 0 aromatic carbocycles. The van der Waals surface area contributed by atoms with Crippen LogP contribution in [-0.4, -0.2) is 5.78 Å². The van der Waals surface area contributed by atoms with Crippen molar-refractivity contribution in [1.82, 2.24) is 0 Å². The van der Waals surface area contributed by atoms with Crippen LogP contribution < -0.4 is 0 Å². The molecule has 66 valence electrons. The van der Waals surface area contributed by atoms with Crippen LogP contribution in [0.3, 0.4) is 0 Å². The molecule has 0 radical (unpaired) electrons. The van der Waals surface area contributed by atoms with E-state index in [-0.39, 0.29) is 0 Å². The minimum Gasteiger partial charge on any atom is -0.300 e. The second kappa shape index (κ2) is 5.34. The molecule has 0 aliphatic rings. The van der Waals surface area contributed by atoms with Gasteiger partial charge in [0.25, 0.3) is 0 Å². The number of carbonyl (C=O) groups is 1. The van der Waals surface area contributed by atoms with Crippen LogP contribution in [0, 0.1) is 11.8 Å². The van der Waals surface area contributed by atoms with Gasteiger partial charge in [-0.3, -0.25) is 0 Å². The highest BCUT2D eigenvalue weighted by Crippen LogP contribution is 2.20. The molecule has 0 aliphatic heterocycles. The van der Waals surface area contributed by atoms with Crippen molar-refractivity contribution in [2.45, 2.75) is 47.0 Å². The van der Waals surface area contributed by atoms with Crippen molar-refractivity contribution < 1.29 is 4.79 Å². The van der Waals surface area contributed by atoms with Crippen LogP contribution in [0.25, 0.3) is 0 Å². The van der Waals surface area contributed by atoms with E-state index < -0.39 is 0 Å². The summed E-state index contributed by atoms with van der Waals surface area (Å²) >= 11 is 0. The number of carbonyl (C=O) groups excluding carboxylic acids is 1. The number of rotatable bonds is 5. The first kappa shape index (κ1) is 10.7. The molecule has 11 heavy (non-hydrogen) atoms. The largest absolute Gasteiger partial charge is 0.300 e. The van der Waals surface area contributed by atoms with E-state index in [4.69, 9.17) is 0 Å². The van der Waals surface area contributed by atoms with Gasteiger partial charge in [0, 0.05) is 6.42 Å². The molecule has 0 spiro atoms. The highest BCUT2D eigenvalue weighted by atomic mass is 16.1. The molecule has 0 amide bonds. The Morgan fingerprint density at radius 1 is 1.36 bits per heavy atom. The van der Waals surface area contributed by atoms with Gasteiger partial charge >= 0.3 is 0 Å². The normalized spacial score (nSPS) is 13.5. The second-order valence-corrected chi connectivity index (χ2v) is 3.65. The number of Topliss-reactive ketones (excluding diaryl/α,β-unsaturated/α-hetero) is 1. The predicted octanol–water partition coefficient (Wildman–Crippen LogP) is 3.04. The third-order valence-corrected chi connectivity index (χ3v) is 2.33. The van der Waals surface area contributed by atoms with Crippen LogP contribution in [0.4, 0.5) is 0 Å². The summed E-state index contributed by atoms with van der Waals surface area (Å²) in [4.78, 5) is 10.7. The molecule has 0 aliphatic carbocycles. The second-order valence-electron chi connectivity index (χ2n) is 3.65. The molecule has 0 unspecified atom stereocenters. The Kier molecular flexibility index (Phi) is 5.18. The van der Waals surface area contributed by atoms with Crippen molar-refractivity contribution in [3.05, 3.63) is 0 Å². The summed E-state index contributed by atoms with van der Waals surface area (Å²) in [5.41, 5.74) is 0. The highest BCUT2D eigenvalue weighted by Gasteiger charge is 2.10. The van der Waals surface area contributed by atoms with E-state index in [1.807, 2.05) is 0 Å². The lowest BCUT2D eigenvalue weighted by molar-refractivity contribution is -0.117. The maximum Gasteiger partial charge on any atom is 0.129 e. The van der Waals surface area contributed by atoms with Crippen molar-refractivity contribution in [2.24, 2.45) is 11.8 Å². The van der Waals surface area contributed by atoms with E-state index in [1.165, 1.54) is 6.42 Å². The maximum atomic E-state index is 10.7. The Bertz CT molecular complexity index is 116. The number of hydrogen-bond donors (Lipinski definition) is 0. The number of ketones is 1. The van der Waals surface area contributed by atoms with E-state index >= 15 is 0 Å². The standard InChI is InChI=1S/C10H20O/c1-5-10(8(2)3)7-6-9(4)11/h8,10H,5-7H2,1-4H3/t10-/m1/s1. The Morgan fingerprint density at radius 2 is 1.91 bits per heavy atom. The first-order chi connectivity index (χ1) is 5.07. The zero-order valence-electron chi connectivity index (χ0n) is 8.18. The molecule has 0 aromatic rings. The summed E-state index contributed by atoms with van der Waals surface area (Å²) in [7, 11) is 0. The molecule has 0 saturated carbocycles. The van der Waals surface area contributed by atoms with Gasteiger partial charge in [0.05, 0.1) is 0 Å². The van der Waals surface area contributed by atoms with Gasteiger partial charge in [0.15, 0.2) is 0 Å². The van der Waals surface area contributed by atoms with E-state index in [1.54, 1.807) is 6.92 Å². The molecule has 1 heteroatoms. The summed E-state index contributed by atoms with van der Waals surface area (Å²) in [6.07, 6.45) is 3.03. The van der Waals surface area contributed by atoms with Crippen molar-refractivity contribution >= 4 is 5.78 Å². The zero-order chi connectivity index (χ0) is 8.85. The Hall–Kier alpha value is -0.330. The average Bonchev–Trinajstić information content (AvgIpc) is 1.87. The summed E-state index contributed by atoms with van der Waals surface area (Å²) in [5.74, 6) is 1.78. The van der Waals surface area contributed by atoms with Crippen LogP contribution in [-0.2, 0) is 4.79 Å². The molecule has 1 atom stereocenters. The lowest BCUT2D eigenvalue weighted by Gasteiger charge is -2.17. The first-order valence-corrected chi connectivity index (χ1v) is 4.57. The van der Waals surface area contributed by atoms with Gasteiger partial charge in [-0.1, -0.05) is 27.2 Å². The molecular weight excluding hydrogens is 136 g/mol. The van der Waals surface area contributed by atoms with Gasteiger partial charge in [-0.25, -0.2) is 0 Å². The quantitative estimate of drug-likeness (QED) is 0.598. The third-order valence-electron chi connectivity index (χ3n) is 2.33. The van der Waals surface area contributed by atoms with Crippen molar-refractivity contribution in [3.8, 4) is 0 Å². The van der Waals surface area contributed by atoms with Crippen LogP contribution in [0.2, 0.25) is 0 Å². The van der Waals surface area contributed by atoms with Crippen molar-refractivity contribution in [3.63, 3.8) is 0 Å². The van der Waals surface area contributed by atoms with E-state index in [0.717, 1.165) is 24.7 Å². The minimum atomic E-state index is 0.323. The fourth-order valence-corrected chi connectivity index (χ4v) is 1.40.